The van der Waals surface area contributed by atoms with Crippen LogP contribution in [0.1, 0.15) is 36.2 Å². The maximum atomic E-state index is 11.9. The molecule has 0 aliphatic rings. The van der Waals surface area contributed by atoms with E-state index in [1.165, 1.54) is 6.08 Å². The van der Waals surface area contributed by atoms with E-state index < -0.39 is 5.97 Å². The second kappa shape index (κ2) is 7.36. The van der Waals surface area contributed by atoms with Crippen LogP contribution in [0.25, 0.3) is 6.08 Å². The summed E-state index contributed by atoms with van der Waals surface area (Å²) in [5, 5.41) is 11.4. The molecule has 1 atom stereocenters. The van der Waals surface area contributed by atoms with Gasteiger partial charge < -0.3 is 10.4 Å². The van der Waals surface area contributed by atoms with Crippen LogP contribution in [0.4, 0.5) is 0 Å². The maximum absolute atomic E-state index is 11.9. The van der Waals surface area contributed by atoms with Crippen molar-refractivity contribution >= 4 is 18.0 Å². The van der Waals surface area contributed by atoms with Crippen LogP contribution < -0.4 is 5.32 Å². The average Bonchev–Trinajstić information content (AvgIpc) is 2.42. The van der Waals surface area contributed by atoms with E-state index in [9.17, 15) is 9.59 Å². The molecule has 4 nitrogen and oxygen atoms in total. The van der Waals surface area contributed by atoms with E-state index in [1.807, 2.05) is 0 Å². The largest absolute Gasteiger partial charge is 0.478 e. The first-order valence-corrected chi connectivity index (χ1v) is 6.32. The second-order valence-corrected chi connectivity index (χ2v) is 4.52. The third-order valence-electron chi connectivity index (χ3n) is 2.88. The van der Waals surface area contributed by atoms with E-state index in [4.69, 9.17) is 5.11 Å². The quantitative estimate of drug-likeness (QED) is 0.773. The Morgan fingerprint density at radius 1 is 1.42 bits per heavy atom. The van der Waals surface area contributed by atoms with E-state index in [1.54, 1.807) is 24.3 Å². The molecular formula is C15H19NO3. The maximum Gasteiger partial charge on any atom is 0.328 e. The van der Waals surface area contributed by atoms with Crippen LogP contribution in [0.15, 0.2) is 30.3 Å². The van der Waals surface area contributed by atoms with Crippen molar-refractivity contribution in [2.24, 2.45) is 5.92 Å². The minimum absolute atomic E-state index is 0.133. The Balaban J connectivity index is 2.70. The molecule has 4 heteroatoms. The van der Waals surface area contributed by atoms with Gasteiger partial charge in [-0.3, -0.25) is 4.79 Å². The zero-order valence-electron chi connectivity index (χ0n) is 11.2. The van der Waals surface area contributed by atoms with Crippen LogP contribution in [0, 0.1) is 5.92 Å². The van der Waals surface area contributed by atoms with Crippen molar-refractivity contribution in [3.8, 4) is 0 Å². The van der Waals surface area contributed by atoms with Gasteiger partial charge in [0, 0.05) is 18.2 Å². The monoisotopic (exact) mass is 261 g/mol. The van der Waals surface area contributed by atoms with Gasteiger partial charge in [-0.15, -0.1) is 0 Å². The van der Waals surface area contributed by atoms with Crippen LogP contribution in [-0.4, -0.2) is 23.5 Å². The molecule has 1 rings (SSSR count). The molecular weight excluding hydrogens is 242 g/mol. The van der Waals surface area contributed by atoms with Gasteiger partial charge in [-0.1, -0.05) is 32.4 Å². The number of hydrogen-bond donors (Lipinski definition) is 2. The highest BCUT2D eigenvalue weighted by atomic mass is 16.4. The Morgan fingerprint density at radius 2 is 2.16 bits per heavy atom. The lowest BCUT2D eigenvalue weighted by atomic mass is 10.1. The van der Waals surface area contributed by atoms with Crippen LogP contribution in [0.5, 0.6) is 0 Å². The smallest absolute Gasteiger partial charge is 0.328 e. The molecule has 0 saturated heterocycles. The van der Waals surface area contributed by atoms with Crippen molar-refractivity contribution in [1.82, 2.24) is 5.32 Å². The van der Waals surface area contributed by atoms with E-state index in [-0.39, 0.29) is 5.91 Å². The molecule has 2 N–H and O–H groups in total. The molecule has 1 aromatic rings. The van der Waals surface area contributed by atoms with Gasteiger partial charge in [-0.2, -0.15) is 0 Å². The molecule has 0 fully saturated rings. The molecule has 0 saturated carbocycles. The van der Waals surface area contributed by atoms with Gasteiger partial charge in [-0.05, 0) is 29.7 Å². The van der Waals surface area contributed by atoms with Crippen molar-refractivity contribution in [3.63, 3.8) is 0 Å². The van der Waals surface area contributed by atoms with Gasteiger partial charge in [0.05, 0.1) is 0 Å². The standard InChI is InChI=1S/C15H19NO3/c1-3-11(2)10-16-15(19)13-6-4-5-12(9-13)7-8-14(17)18/h4-9,11H,3,10H2,1-2H3,(H,16,19)(H,17,18)/b8-7+. The Hall–Kier alpha value is -2.10. The number of carbonyl (C=O) groups is 2. The molecule has 1 amide bonds. The first kappa shape index (κ1) is 15.0. The van der Waals surface area contributed by atoms with Gasteiger partial charge in [0.1, 0.15) is 0 Å². The summed E-state index contributed by atoms with van der Waals surface area (Å²) in [4.78, 5) is 22.3. The van der Waals surface area contributed by atoms with Crippen molar-refractivity contribution < 1.29 is 14.7 Å². The molecule has 0 spiro atoms. The van der Waals surface area contributed by atoms with Gasteiger partial charge in [0.25, 0.3) is 5.91 Å². The van der Waals surface area contributed by atoms with Crippen molar-refractivity contribution in [2.45, 2.75) is 20.3 Å². The minimum atomic E-state index is -1.01. The predicted octanol–water partition coefficient (Wildman–Crippen LogP) is 2.56. The Kier molecular flexibility index (Phi) is 5.79. The summed E-state index contributed by atoms with van der Waals surface area (Å²) >= 11 is 0. The van der Waals surface area contributed by atoms with Gasteiger partial charge in [0.15, 0.2) is 0 Å². The van der Waals surface area contributed by atoms with E-state index in [0.717, 1.165) is 12.5 Å². The minimum Gasteiger partial charge on any atom is -0.478 e. The first-order valence-electron chi connectivity index (χ1n) is 6.32. The highest BCUT2D eigenvalue weighted by Gasteiger charge is 2.06. The second-order valence-electron chi connectivity index (χ2n) is 4.52. The number of carbonyl (C=O) groups excluding carboxylic acids is 1. The first-order chi connectivity index (χ1) is 9.02. The summed E-state index contributed by atoms with van der Waals surface area (Å²) in [6.45, 7) is 4.80. The molecule has 0 aromatic heterocycles. The summed E-state index contributed by atoms with van der Waals surface area (Å²) in [5.74, 6) is -0.698. The number of carboxylic acid groups (broad SMARTS) is 1. The predicted molar refractivity (Wildman–Crippen MR) is 74.9 cm³/mol. The third kappa shape index (κ3) is 5.38. The summed E-state index contributed by atoms with van der Waals surface area (Å²) in [7, 11) is 0. The van der Waals surface area contributed by atoms with Crippen molar-refractivity contribution in [3.05, 3.63) is 41.5 Å². The molecule has 19 heavy (non-hydrogen) atoms. The summed E-state index contributed by atoms with van der Waals surface area (Å²) in [5.41, 5.74) is 1.23. The number of benzene rings is 1. The number of aliphatic carboxylic acids is 1. The highest BCUT2D eigenvalue weighted by Crippen LogP contribution is 2.08. The molecule has 1 aromatic carbocycles. The van der Waals surface area contributed by atoms with Gasteiger partial charge in [-0.25, -0.2) is 4.79 Å². The molecule has 0 radical (unpaired) electrons. The lowest BCUT2D eigenvalue weighted by Gasteiger charge is -2.10. The average molecular weight is 261 g/mol. The molecule has 0 bridgehead atoms. The van der Waals surface area contributed by atoms with Gasteiger partial charge in [0.2, 0.25) is 0 Å². The van der Waals surface area contributed by atoms with Crippen molar-refractivity contribution in [1.29, 1.82) is 0 Å². The topological polar surface area (TPSA) is 66.4 Å². The number of amides is 1. The molecule has 0 aliphatic heterocycles. The third-order valence-corrected chi connectivity index (χ3v) is 2.88. The molecule has 0 aliphatic carbocycles. The summed E-state index contributed by atoms with van der Waals surface area (Å²) in [6, 6.07) is 6.88. The Morgan fingerprint density at radius 3 is 2.79 bits per heavy atom. The molecule has 0 heterocycles. The Bertz CT molecular complexity index is 480. The number of carboxylic acids is 1. The van der Waals surface area contributed by atoms with E-state index in [2.05, 4.69) is 19.2 Å². The SMILES string of the molecule is CCC(C)CNC(=O)c1cccc(/C=C/C(=O)O)c1. The lowest BCUT2D eigenvalue weighted by molar-refractivity contribution is -0.131. The van der Waals surface area contributed by atoms with E-state index >= 15 is 0 Å². The fourth-order valence-corrected chi connectivity index (χ4v) is 1.46. The number of rotatable bonds is 6. The number of hydrogen-bond acceptors (Lipinski definition) is 2. The number of nitrogens with one attached hydrogen (secondary N) is 1. The van der Waals surface area contributed by atoms with E-state index in [0.29, 0.717) is 23.6 Å². The van der Waals surface area contributed by atoms with Crippen LogP contribution in [0.2, 0.25) is 0 Å². The van der Waals surface area contributed by atoms with Gasteiger partial charge >= 0.3 is 5.97 Å². The molecule has 102 valence electrons. The van der Waals surface area contributed by atoms with Crippen molar-refractivity contribution in [2.75, 3.05) is 6.54 Å². The molecule has 1 unspecified atom stereocenters. The van der Waals surface area contributed by atoms with Crippen LogP contribution in [0.3, 0.4) is 0 Å². The Labute approximate surface area is 113 Å². The zero-order chi connectivity index (χ0) is 14.3. The normalized spacial score (nSPS) is 12.3. The zero-order valence-corrected chi connectivity index (χ0v) is 11.2. The summed E-state index contributed by atoms with van der Waals surface area (Å²) < 4.78 is 0. The highest BCUT2D eigenvalue weighted by molar-refractivity contribution is 5.95. The van der Waals surface area contributed by atoms with Crippen LogP contribution >= 0.6 is 0 Å². The van der Waals surface area contributed by atoms with Crippen LogP contribution in [-0.2, 0) is 4.79 Å². The summed E-state index contributed by atoms with van der Waals surface area (Å²) in [6.07, 6.45) is 3.53. The lowest BCUT2D eigenvalue weighted by Crippen LogP contribution is -2.28. The fraction of sp³-hybridized carbons (Fsp3) is 0.333. The fourth-order valence-electron chi connectivity index (χ4n) is 1.46.